The quantitative estimate of drug-likeness (QED) is 0.370. The van der Waals surface area contributed by atoms with E-state index in [1.807, 2.05) is 27.7 Å². The highest BCUT2D eigenvalue weighted by atomic mass is 16.7. The van der Waals surface area contributed by atoms with Crippen LogP contribution in [-0.4, -0.2) is 92.7 Å². The van der Waals surface area contributed by atoms with Gasteiger partial charge in [0.2, 0.25) is 5.79 Å². The molecule has 37 heavy (non-hydrogen) atoms. The third-order valence-corrected chi connectivity index (χ3v) is 8.51. The van der Waals surface area contributed by atoms with E-state index >= 15 is 0 Å². The molecule has 0 saturated carbocycles. The Morgan fingerprint density at radius 1 is 1.24 bits per heavy atom. The number of carbonyl (C=O) groups is 2. The summed E-state index contributed by atoms with van der Waals surface area (Å²) in [6.07, 6.45) is -3.52. The van der Waals surface area contributed by atoms with Gasteiger partial charge in [-0.15, -0.1) is 0 Å². The number of carbonyl (C=O) groups excluding carboxylic acids is 2. The second kappa shape index (κ2) is 10.9. The van der Waals surface area contributed by atoms with Crippen LogP contribution >= 0.6 is 0 Å². The zero-order valence-electron chi connectivity index (χ0n) is 22.6. The van der Waals surface area contributed by atoms with E-state index in [2.05, 4.69) is 11.9 Å². The Kier molecular flexibility index (Phi) is 8.35. The molecule has 0 aromatic carbocycles. The lowest BCUT2D eigenvalue weighted by Gasteiger charge is -2.54. The molecule has 4 heterocycles. The fourth-order valence-electron chi connectivity index (χ4n) is 5.92. The molecule has 4 aliphatic rings. The fourth-order valence-corrected chi connectivity index (χ4v) is 5.92. The zero-order chi connectivity index (χ0) is 27.1. The maximum absolute atomic E-state index is 13.3. The number of aliphatic hydroxyl groups excluding tert-OH is 1. The van der Waals surface area contributed by atoms with Gasteiger partial charge in [-0.1, -0.05) is 32.9 Å². The summed E-state index contributed by atoms with van der Waals surface area (Å²) >= 11 is 0. The molecule has 11 nitrogen and oxygen atoms in total. The van der Waals surface area contributed by atoms with Crippen molar-refractivity contribution in [3.8, 4) is 0 Å². The summed E-state index contributed by atoms with van der Waals surface area (Å²) < 4.78 is 41.0. The summed E-state index contributed by atoms with van der Waals surface area (Å²) in [6, 6.07) is 0. The largest absolute Gasteiger partial charge is 0.462 e. The summed E-state index contributed by atoms with van der Waals surface area (Å²) in [5, 5.41) is 13.8. The van der Waals surface area contributed by atoms with Gasteiger partial charge in [0.1, 0.15) is 25.1 Å². The summed E-state index contributed by atoms with van der Waals surface area (Å²) in [7, 11) is 3.00. The first-order chi connectivity index (χ1) is 17.4. The van der Waals surface area contributed by atoms with Crippen LogP contribution in [0.1, 0.15) is 53.4 Å². The number of cyclic esters (lactones) is 1. The molecule has 0 aromatic rings. The third-order valence-electron chi connectivity index (χ3n) is 8.51. The first-order valence-corrected chi connectivity index (χ1v) is 12.9. The number of amides is 1. The molecule has 1 amide bonds. The van der Waals surface area contributed by atoms with Gasteiger partial charge in [0.05, 0.1) is 18.3 Å². The molecular weight excluding hydrogens is 486 g/mol. The minimum atomic E-state index is -1.65. The number of nitrogens with one attached hydrogen (secondary N) is 1. The lowest BCUT2D eigenvalue weighted by atomic mass is 9.72. The molecule has 2 N–H and O–H groups in total. The summed E-state index contributed by atoms with van der Waals surface area (Å²) in [6.45, 7) is 11.9. The molecule has 4 saturated heterocycles. The predicted octanol–water partition coefficient (Wildman–Crippen LogP) is 1.41. The Hall–Kier alpha value is -1.60. The average Bonchev–Trinajstić information content (AvgIpc) is 3.27. The number of hydrogen-bond donors (Lipinski definition) is 2. The lowest BCUT2D eigenvalue weighted by Crippen LogP contribution is -2.69. The first-order valence-electron chi connectivity index (χ1n) is 12.9. The van der Waals surface area contributed by atoms with Crippen LogP contribution in [0.5, 0.6) is 0 Å². The molecule has 0 unspecified atom stereocenters. The second-order valence-electron chi connectivity index (χ2n) is 11.2. The molecule has 4 fully saturated rings. The zero-order valence-corrected chi connectivity index (χ0v) is 22.6. The van der Waals surface area contributed by atoms with Crippen LogP contribution in [0.2, 0.25) is 0 Å². The number of fused-ring (bicyclic) bond motifs is 1. The molecule has 0 spiro atoms. The van der Waals surface area contributed by atoms with E-state index in [1.165, 1.54) is 7.11 Å². The lowest BCUT2D eigenvalue weighted by molar-refractivity contribution is -0.332. The Morgan fingerprint density at radius 2 is 1.97 bits per heavy atom. The topological polar surface area (TPSA) is 131 Å². The molecule has 4 aliphatic heterocycles. The smallest absolute Gasteiger partial charge is 0.306 e. The van der Waals surface area contributed by atoms with Crippen molar-refractivity contribution in [2.24, 2.45) is 11.3 Å². The minimum absolute atomic E-state index is 0.0548. The van der Waals surface area contributed by atoms with E-state index in [1.54, 1.807) is 7.11 Å². The van der Waals surface area contributed by atoms with Gasteiger partial charge in [0.15, 0.2) is 12.3 Å². The normalized spacial score (nSPS) is 42.6. The van der Waals surface area contributed by atoms with E-state index in [9.17, 15) is 14.7 Å². The Morgan fingerprint density at radius 3 is 2.57 bits per heavy atom. The highest BCUT2D eigenvalue weighted by Gasteiger charge is 2.57. The number of ether oxygens (including phenoxy) is 7. The number of hydrogen-bond acceptors (Lipinski definition) is 10. The van der Waals surface area contributed by atoms with Crippen LogP contribution in [-0.2, 0) is 42.7 Å². The summed E-state index contributed by atoms with van der Waals surface area (Å²) in [5.74, 6) is -2.46. The predicted molar refractivity (Wildman–Crippen MR) is 129 cm³/mol. The van der Waals surface area contributed by atoms with Gasteiger partial charge in [0.25, 0.3) is 5.91 Å². The van der Waals surface area contributed by atoms with Gasteiger partial charge < -0.3 is 43.6 Å². The van der Waals surface area contributed by atoms with Crippen molar-refractivity contribution in [1.82, 2.24) is 5.32 Å². The molecule has 0 aliphatic carbocycles. The molecule has 4 rings (SSSR count). The van der Waals surface area contributed by atoms with Crippen molar-refractivity contribution in [2.45, 2.75) is 108 Å². The SMILES string of the molecule is C=C1C[C@](OC)([C@H](O)C(=O)N[C@H]2OCO[C@H]3[C@@H]2O[C@H](C[C@@H]2CCC(=O)O2)C(C)(C)[C@@H]3OC)O[C@H](C)[C@@H]1C. The van der Waals surface area contributed by atoms with Crippen LogP contribution < -0.4 is 5.32 Å². The summed E-state index contributed by atoms with van der Waals surface area (Å²) in [4.78, 5) is 25.0. The van der Waals surface area contributed by atoms with E-state index < -0.39 is 41.6 Å². The molecule has 10 atom stereocenters. The highest BCUT2D eigenvalue weighted by molar-refractivity contribution is 5.82. The van der Waals surface area contributed by atoms with E-state index in [0.717, 1.165) is 5.57 Å². The fraction of sp³-hybridized carbons (Fsp3) is 0.846. The van der Waals surface area contributed by atoms with Crippen LogP contribution in [0.15, 0.2) is 12.2 Å². The van der Waals surface area contributed by atoms with Gasteiger partial charge in [-0.3, -0.25) is 9.59 Å². The number of aliphatic hydroxyl groups is 1. The van der Waals surface area contributed by atoms with Gasteiger partial charge >= 0.3 is 5.97 Å². The standard InChI is InChI=1S/C26H41NO10/c1-13-11-26(32-7,37-15(3)14(13)2)21(29)23(30)27-24-20-19(33-12-34-24)22(31-6)25(4,5)17(36-20)10-16-8-9-18(28)35-16/h14-17,19-22,24,29H,1,8-12H2,2-7H3,(H,27,30)/t14-,15-,16+,17-,19+,20+,21-,22-,24+,26-/m1/s1. The van der Waals surface area contributed by atoms with Gasteiger partial charge in [-0.25, -0.2) is 0 Å². The van der Waals surface area contributed by atoms with Crippen molar-refractivity contribution in [1.29, 1.82) is 0 Å². The van der Waals surface area contributed by atoms with Crippen LogP contribution in [0.25, 0.3) is 0 Å². The number of methoxy groups -OCH3 is 2. The number of rotatable bonds is 7. The monoisotopic (exact) mass is 527 g/mol. The minimum Gasteiger partial charge on any atom is -0.462 e. The van der Waals surface area contributed by atoms with Crippen molar-refractivity contribution < 1.29 is 47.9 Å². The molecular formula is C26H41NO10. The Balaban J connectivity index is 1.51. The van der Waals surface area contributed by atoms with Gasteiger partial charge in [0, 0.05) is 44.8 Å². The van der Waals surface area contributed by atoms with Crippen molar-refractivity contribution in [3.05, 3.63) is 12.2 Å². The Bertz CT molecular complexity index is 879. The van der Waals surface area contributed by atoms with Crippen molar-refractivity contribution >= 4 is 11.9 Å². The summed E-state index contributed by atoms with van der Waals surface area (Å²) in [5.41, 5.74) is 0.339. The second-order valence-corrected chi connectivity index (χ2v) is 11.2. The average molecular weight is 528 g/mol. The number of esters is 1. The van der Waals surface area contributed by atoms with E-state index in [0.29, 0.717) is 19.3 Å². The highest BCUT2D eigenvalue weighted by Crippen LogP contribution is 2.44. The maximum atomic E-state index is 13.3. The third kappa shape index (κ3) is 5.32. The van der Waals surface area contributed by atoms with Gasteiger partial charge in [-0.05, 0) is 13.3 Å². The molecule has 0 aromatic heterocycles. The molecule has 210 valence electrons. The van der Waals surface area contributed by atoms with E-state index in [4.69, 9.17) is 33.2 Å². The first kappa shape index (κ1) is 28.4. The molecule has 0 bridgehead atoms. The van der Waals surface area contributed by atoms with Crippen LogP contribution in [0.3, 0.4) is 0 Å². The van der Waals surface area contributed by atoms with Crippen molar-refractivity contribution in [2.75, 3.05) is 21.0 Å². The maximum Gasteiger partial charge on any atom is 0.306 e. The van der Waals surface area contributed by atoms with E-state index in [-0.39, 0.29) is 49.5 Å². The van der Waals surface area contributed by atoms with Crippen LogP contribution in [0, 0.1) is 11.3 Å². The molecule has 11 heteroatoms. The molecule has 0 radical (unpaired) electrons. The van der Waals surface area contributed by atoms with Gasteiger partial charge in [-0.2, -0.15) is 0 Å². The van der Waals surface area contributed by atoms with Crippen molar-refractivity contribution in [3.63, 3.8) is 0 Å². The van der Waals surface area contributed by atoms with Crippen LogP contribution in [0.4, 0.5) is 0 Å². The Labute approximate surface area is 218 Å².